The van der Waals surface area contributed by atoms with Crippen molar-refractivity contribution in [1.29, 1.82) is 0 Å². The highest BCUT2D eigenvalue weighted by molar-refractivity contribution is 5.81. The molecule has 0 aliphatic rings. The van der Waals surface area contributed by atoms with Gasteiger partial charge in [-0.1, -0.05) is 56.3 Å². The number of nitrogens with one attached hydrogen (secondary N) is 1. The molecule has 2 rings (SSSR count). The molecule has 0 unspecified atom stereocenters. The van der Waals surface area contributed by atoms with E-state index in [1.807, 2.05) is 50.2 Å². The van der Waals surface area contributed by atoms with E-state index in [2.05, 4.69) is 31.3 Å². The van der Waals surface area contributed by atoms with E-state index in [-0.39, 0.29) is 11.9 Å². The average molecular weight is 339 g/mol. The Bertz CT molecular complexity index is 694. The SMILES string of the molecule is Cc1ccc(C)c(O[C@H](C)C(=O)N[C@@H](CC(C)C)c2ccccc2)c1. The van der Waals surface area contributed by atoms with Gasteiger partial charge in [0.25, 0.3) is 5.91 Å². The van der Waals surface area contributed by atoms with Crippen LogP contribution >= 0.6 is 0 Å². The molecule has 2 aromatic rings. The molecule has 3 heteroatoms. The number of amides is 1. The summed E-state index contributed by atoms with van der Waals surface area (Å²) in [5.41, 5.74) is 3.28. The topological polar surface area (TPSA) is 38.3 Å². The summed E-state index contributed by atoms with van der Waals surface area (Å²) in [7, 11) is 0. The van der Waals surface area contributed by atoms with E-state index in [1.54, 1.807) is 6.92 Å². The molecular formula is C22H29NO2. The predicted molar refractivity (Wildman–Crippen MR) is 103 cm³/mol. The molecule has 0 heterocycles. The normalized spacial score (nSPS) is 13.4. The molecule has 1 N–H and O–H groups in total. The zero-order chi connectivity index (χ0) is 18.4. The number of carbonyl (C=O) groups excluding carboxylic acids is 1. The molecule has 0 bridgehead atoms. The molecular weight excluding hydrogens is 310 g/mol. The molecule has 0 saturated heterocycles. The molecule has 3 nitrogen and oxygen atoms in total. The quantitative estimate of drug-likeness (QED) is 0.773. The van der Waals surface area contributed by atoms with E-state index >= 15 is 0 Å². The van der Waals surface area contributed by atoms with E-state index in [0.29, 0.717) is 5.92 Å². The Morgan fingerprint density at radius 2 is 1.72 bits per heavy atom. The van der Waals surface area contributed by atoms with Gasteiger partial charge in [0.15, 0.2) is 6.10 Å². The molecule has 0 aliphatic carbocycles. The fraction of sp³-hybridized carbons (Fsp3) is 0.409. The first kappa shape index (κ1) is 19.0. The molecule has 0 fully saturated rings. The molecule has 1 amide bonds. The van der Waals surface area contributed by atoms with Crippen molar-refractivity contribution in [3.8, 4) is 5.75 Å². The standard InChI is InChI=1S/C22H29NO2/c1-15(2)13-20(19-9-7-6-8-10-19)23-22(24)18(5)25-21-14-16(3)11-12-17(21)4/h6-12,14-15,18,20H,13H2,1-5H3,(H,23,24)/t18-,20+/m1/s1. The first-order valence-corrected chi connectivity index (χ1v) is 8.96. The molecule has 0 aromatic heterocycles. The summed E-state index contributed by atoms with van der Waals surface area (Å²) >= 11 is 0. The van der Waals surface area contributed by atoms with Crippen LogP contribution in [-0.2, 0) is 4.79 Å². The Balaban J connectivity index is 2.08. The zero-order valence-electron chi connectivity index (χ0n) is 15.9. The van der Waals surface area contributed by atoms with Gasteiger partial charge in [0, 0.05) is 0 Å². The zero-order valence-corrected chi connectivity index (χ0v) is 15.9. The van der Waals surface area contributed by atoms with Crippen LogP contribution in [0.15, 0.2) is 48.5 Å². The minimum absolute atomic E-state index is 0.00152. The van der Waals surface area contributed by atoms with Crippen molar-refractivity contribution in [2.75, 3.05) is 0 Å². The second kappa shape index (κ2) is 8.70. The number of benzene rings is 2. The van der Waals surface area contributed by atoms with Crippen molar-refractivity contribution < 1.29 is 9.53 Å². The third-order valence-electron chi connectivity index (χ3n) is 4.24. The lowest BCUT2D eigenvalue weighted by molar-refractivity contribution is -0.128. The maximum Gasteiger partial charge on any atom is 0.261 e. The summed E-state index contributed by atoms with van der Waals surface area (Å²) in [6, 6.07) is 16.1. The third kappa shape index (κ3) is 5.63. The van der Waals surface area contributed by atoms with Gasteiger partial charge in [-0.3, -0.25) is 4.79 Å². The Morgan fingerprint density at radius 1 is 1.04 bits per heavy atom. The first-order valence-electron chi connectivity index (χ1n) is 8.96. The van der Waals surface area contributed by atoms with E-state index in [1.165, 1.54) is 0 Å². The van der Waals surface area contributed by atoms with Crippen LogP contribution in [0.5, 0.6) is 5.75 Å². The Hall–Kier alpha value is -2.29. The van der Waals surface area contributed by atoms with Crippen LogP contribution in [0.25, 0.3) is 0 Å². The summed E-state index contributed by atoms with van der Waals surface area (Å²) in [4.78, 5) is 12.7. The first-order chi connectivity index (χ1) is 11.9. The second-order valence-electron chi connectivity index (χ2n) is 7.13. The highest BCUT2D eigenvalue weighted by Crippen LogP contribution is 2.23. The molecule has 0 spiro atoms. The maximum atomic E-state index is 12.7. The largest absolute Gasteiger partial charge is 0.481 e. The summed E-state index contributed by atoms with van der Waals surface area (Å²) in [6.07, 6.45) is 0.352. The molecule has 2 atom stereocenters. The van der Waals surface area contributed by atoms with E-state index in [4.69, 9.17) is 4.74 Å². The van der Waals surface area contributed by atoms with E-state index in [0.717, 1.165) is 28.9 Å². The summed E-state index contributed by atoms with van der Waals surface area (Å²) in [6.45, 7) is 10.1. The van der Waals surface area contributed by atoms with Crippen LogP contribution in [0.4, 0.5) is 0 Å². The van der Waals surface area contributed by atoms with Crippen LogP contribution in [-0.4, -0.2) is 12.0 Å². The minimum atomic E-state index is -0.543. The van der Waals surface area contributed by atoms with Crippen molar-refractivity contribution >= 4 is 5.91 Å². The number of aryl methyl sites for hydroxylation is 2. The molecule has 0 saturated carbocycles. The van der Waals surface area contributed by atoms with E-state index in [9.17, 15) is 4.79 Å². The Morgan fingerprint density at radius 3 is 2.36 bits per heavy atom. The average Bonchev–Trinajstić information content (AvgIpc) is 2.57. The molecule has 2 aromatic carbocycles. The minimum Gasteiger partial charge on any atom is -0.481 e. The van der Waals surface area contributed by atoms with Gasteiger partial charge in [-0.25, -0.2) is 0 Å². The Kier molecular flexibility index (Phi) is 6.63. The number of rotatable bonds is 7. The fourth-order valence-electron chi connectivity index (χ4n) is 2.80. The van der Waals surface area contributed by atoms with Gasteiger partial charge < -0.3 is 10.1 Å². The van der Waals surface area contributed by atoms with Crippen LogP contribution in [0.2, 0.25) is 0 Å². The monoisotopic (exact) mass is 339 g/mol. The van der Waals surface area contributed by atoms with Crippen LogP contribution in [0.1, 0.15) is 49.9 Å². The molecule has 134 valence electrons. The lowest BCUT2D eigenvalue weighted by Crippen LogP contribution is -2.39. The number of hydrogen-bond donors (Lipinski definition) is 1. The van der Waals surface area contributed by atoms with Crippen LogP contribution in [0, 0.1) is 19.8 Å². The van der Waals surface area contributed by atoms with Crippen molar-refractivity contribution in [2.24, 2.45) is 5.92 Å². The van der Waals surface area contributed by atoms with Gasteiger partial charge >= 0.3 is 0 Å². The lowest BCUT2D eigenvalue weighted by atomic mass is 9.97. The van der Waals surface area contributed by atoms with E-state index < -0.39 is 6.10 Å². The van der Waals surface area contributed by atoms with Crippen molar-refractivity contribution in [3.63, 3.8) is 0 Å². The van der Waals surface area contributed by atoms with Crippen molar-refractivity contribution in [1.82, 2.24) is 5.32 Å². The number of hydrogen-bond acceptors (Lipinski definition) is 2. The van der Waals surface area contributed by atoms with Gasteiger partial charge in [0.1, 0.15) is 5.75 Å². The lowest BCUT2D eigenvalue weighted by Gasteiger charge is -2.24. The summed E-state index contributed by atoms with van der Waals surface area (Å²) in [5, 5.41) is 3.15. The summed E-state index contributed by atoms with van der Waals surface area (Å²) < 4.78 is 5.92. The van der Waals surface area contributed by atoms with Crippen molar-refractivity contribution in [3.05, 3.63) is 65.2 Å². The van der Waals surface area contributed by atoms with Crippen LogP contribution < -0.4 is 10.1 Å². The van der Waals surface area contributed by atoms with Crippen LogP contribution in [0.3, 0.4) is 0 Å². The number of carbonyl (C=O) groups is 1. The van der Waals surface area contributed by atoms with Gasteiger partial charge in [0.05, 0.1) is 6.04 Å². The van der Waals surface area contributed by atoms with Gasteiger partial charge in [-0.15, -0.1) is 0 Å². The number of ether oxygens (including phenoxy) is 1. The smallest absolute Gasteiger partial charge is 0.261 e. The summed E-state index contributed by atoms with van der Waals surface area (Å²) in [5.74, 6) is 1.17. The highest BCUT2D eigenvalue weighted by atomic mass is 16.5. The predicted octanol–water partition coefficient (Wildman–Crippen LogP) is 4.97. The van der Waals surface area contributed by atoms with Gasteiger partial charge in [-0.05, 0) is 55.9 Å². The van der Waals surface area contributed by atoms with Gasteiger partial charge in [0.2, 0.25) is 0 Å². The molecule has 0 aliphatic heterocycles. The second-order valence-corrected chi connectivity index (χ2v) is 7.13. The highest BCUT2D eigenvalue weighted by Gasteiger charge is 2.21. The molecule has 25 heavy (non-hydrogen) atoms. The van der Waals surface area contributed by atoms with Crippen molar-refractivity contribution in [2.45, 2.75) is 53.2 Å². The fourth-order valence-corrected chi connectivity index (χ4v) is 2.80. The Labute approximate surface area is 151 Å². The third-order valence-corrected chi connectivity index (χ3v) is 4.24. The maximum absolute atomic E-state index is 12.7. The van der Waals surface area contributed by atoms with Gasteiger partial charge in [-0.2, -0.15) is 0 Å². The molecule has 0 radical (unpaired) electrons.